The van der Waals surface area contributed by atoms with Gasteiger partial charge in [-0.1, -0.05) is 41.5 Å². The molecule has 0 bridgehead atoms. The van der Waals surface area contributed by atoms with Gasteiger partial charge in [0.1, 0.15) is 30.2 Å². The molecule has 2 aromatic rings. The zero-order chi connectivity index (χ0) is 30.7. The van der Waals surface area contributed by atoms with E-state index in [1.165, 1.54) is 17.2 Å². The number of alkyl halides is 3. The molecule has 11 nitrogen and oxygen atoms in total. The van der Waals surface area contributed by atoms with Gasteiger partial charge in [-0.25, -0.2) is 15.0 Å². The maximum Gasteiger partial charge on any atom is 0.523 e. The summed E-state index contributed by atoms with van der Waals surface area (Å²) in [4.78, 5) is 12.4. The summed E-state index contributed by atoms with van der Waals surface area (Å²) in [7, 11) is -11.2. The van der Waals surface area contributed by atoms with Crippen LogP contribution in [0.3, 0.4) is 0 Å². The van der Waals surface area contributed by atoms with Crippen LogP contribution in [0.1, 0.15) is 47.8 Å². The average molecular weight is 628 g/mol. The first-order valence-electron chi connectivity index (χ1n) is 12.8. The van der Waals surface area contributed by atoms with Crippen LogP contribution in [0.2, 0.25) is 36.3 Å². The summed E-state index contributed by atoms with van der Waals surface area (Å²) in [6.45, 7) is 19.4. The molecule has 3 rings (SSSR count). The molecular weight excluding hydrogens is 588 g/mol. The smallest absolute Gasteiger partial charge is 0.414 e. The number of nitrogen functional groups attached to an aromatic ring is 1. The first-order valence-corrected chi connectivity index (χ1v) is 20.0. The molecule has 0 radical (unpaired) electrons. The highest BCUT2D eigenvalue weighted by atomic mass is 32.2. The lowest BCUT2D eigenvalue weighted by molar-refractivity contribution is -0.0659. The van der Waals surface area contributed by atoms with Gasteiger partial charge in [-0.2, -0.15) is 21.6 Å². The van der Waals surface area contributed by atoms with E-state index in [2.05, 4.69) is 15.0 Å². The number of nitrogens with two attached hydrogens (primary N) is 1. The number of fused-ring (bicyclic) bond motifs is 1. The molecule has 0 aromatic carbocycles. The predicted molar refractivity (Wildman–Crippen MR) is 149 cm³/mol. The number of anilines is 1. The minimum absolute atomic E-state index is 0.0915. The molecule has 0 unspecified atom stereocenters. The van der Waals surface area contributed by atoms with Crippen LogP contribution < -0.4 is 5.73 Å². The summed E-state index contributed by atoms with van der Waals surface area (Å²) in [5, 5.41) is -0.615. The van der Waals surface area contributed by atoms with E-state index < -0.39 is 56.8 Å². The second kappa shape index (κ2) is 10.6. The third kappa shape index (κ3) is 6.39. The van der Waals surface area contributed by atoms with Crippen LogP contribution >= 0.6 is 0 Å². The monoisotopic (exact) mass is 627 g/mol. The number of aromatic nitrogens is 4. The quantitative estimate of drug-likeness (QED) is 0.243. The van der Waals surface area contributed by atoms with E-state index in [1.807, 2.05) is 67.7 Å². The SMILES string of the molecule is CC(C)(C)[Si](C)(C)OC[C@H]1O[C@@H](n2cnc3c(N)ncnc32)[C@H](O[Si](C)(C)C(C)(C)C)[C@@H]1OS(=O)(=O)C(F)(F)F. The van der Waals surface area contributed by atoms with Crippen molar-refractivity contribution in [1.82, 2.24) is 19.5 Å². The van der Waals surface area contributed by atoms with Crippen molar-refractivity contribution in [3.05, 3.63) is 12.7 Å². The van der Waals surface area contributed by atoms with Crippen molar-refractivity contribution < 1.29 is 39.4 Å². The van der Waals surface area contributed by atoms with E-state index in [0.717, 1.165) is 0 Å². The maximum absolute atomic E-state index is 13.6. The maximum atomic E-state index is 13.6. The Morgan fingerprint density at radius 1 is 0.975 bits per heavy atom. The zero-order valence-corrected chi connectivity index (χ0v) is 27.3. The van der Waals surface area contributed by atoms with Crippen LogP contribution in [-0.4, -0.2) is 75.0 Å². The predicted octanol–water partition coefficient (Wildman–Crippen LogP) is 4.95. The van der Waals surface area contributed by atoms with Gasteiger partial charge in [0.15, 0.2) is 34.3 Å². The number of halogens is 3. The summed E-state index contributed by atoms with van der Waals surface area (Å²) in [6, 6.07) is 0. The fourth-order valence-corrected chi connectivity index (χ4v) is 6.52. The van der Waals surface area contributed by atoms with E-state index in [-0.39, 0.29) is 33.7 Å². The van der Waals surface area contributed by atoms with Crippen molar-refractivity contribution in [2.24, 2.45) is 0 Å². The van der Waals surface area contributed by atoms with E-state index in [1.54, 1.807) is 0 Å². The van der Waals surface area contributed by atoms with Crippen molar-refractivity contribution in [1.29, 1.82) is 0 Å². The lowest BCUT2D eigenvalue weighted by atomic mass is 10.1. The van der Waals surface area contributed by atoms with Crippen LogP contribution in [0.25, 0.3) is 11.2 Å². The fraction of sp³-hybridized carbons (Fsp3) is 0.783. The molecule has 228 valence electrons. The molecule has 2 N–H and O–H groups in total. The zero-order valence-electron chi connectivity index (χ0n) is 24.5. The van der Waals surface area contributed by atoms with Crippen LogP contribution in [0.15, 0.2) is 12.7 Å². The molecule has 17 heteroatoms. The van der Waals surface area contributed by atoms with E-state index >= 15 is 0 Å². The molecule has 3 heterocycles. The van der Waals surface area contributed by atoms with Crippen molar-refractivity contribution >= 4 is 43.7 Å². The van der Waals surface area contributed by atoms with Gasteiger partial charge in [0.05, 0.1) is 12.9 Å². The van der Waals surface area contributed by atoms with Gasteiger partial charge in [-0.05, 0) is 36.3 Å². The summed E-state index contributed by atoms with van der Waals surface area (Å²) < 4.78 is 90.9. The molecule has 4 atom stereocenters. The minimum atomic E-state index is -6.02. The summed E-state index contributed by atoms with van der Waals surface area (Å²) >= 11 is 0. The topological polar surface area (TPSA) is 141 Å². The van der Waals surface area contributed by atoms with Crippen molar-refractivity contribution in [2.45, 2.75) is 108 Å². The molecule has 0 spiro atoms. The highest BCUT2D eigenvalue weighted by Crippen LogP contribution is 2.45. The standard InChI is InChI=1S/C23H40F3N5O6SSi2/c1-21(2,3)39(7,8)34-11-14-16(36-38(32,33)23(24,25)26)17(37-40(9,10)22(4,5)6)20(35-14)31-13-30-15-18(27)28-12-29-19(15)31/h12-14,16-17,20H,11H2,1-10H3,(H2,27,28,29)/t14-,16-,17-,20-/m1/s1. The largest absolute Gasteiger partial charge is 0.523 e. The Morgan fingerprint density at radius 2 is 1.55 bits per heavy atom. The summed E-state index contributed by atoms with van der Waals surface area (Å²) in [5.41, 5.74) is 0.784. The Bertz CT molecular complexity index is 1320. The molecule has 1 fully saturated rings. The van der Waals surface area contributed by atoms with Crippen LogP contribution in [0, 0.1) is 0 Å². The molecule has 0 saturated carbocycles. The van der Waals surface area contributed by atoms with Gasteiger partial charge < -0.3 is 19.3 Å². The second-order valence-corrected chi connectivity index (χ2v) is 24.2. The summed E-state index contributed by atoms with van der Waals surface area (Å²) in [5.74, 6) is 0.0915. The third-order valence-corrected chi connectivity index (χ3v) is 18.1. The molecular formula is C23H40F3N5O6SSi2. The van der Waals surface area contributed by atoms with Gasteiger partial charge >= 0.3 is 15.6 Å². The van der Waals surface area contributed by atoms with Crippen molar-refractivity contribution in [3.8, 4) is 0 Å². The number of rotatable bonds is 8. The Morgan fingerprint density at radius 3 is 2.08 bits per heavy atom. The van der Waals surface area contributed by atoms with Crippen LogP contribution in [-0.2, 0) is 27.9 Å². The molecule has 1 aliphatic heterocycles. The lowest BCUT2D eigenvalue weighted by Gasteiger charge is -2.40. The highest BCUT2D eigenvalue weighted by molar-refractivity contribution is 7.87. The number of hydrogen-bond donors (Lipinski definition) is 1. The normalized spacial score (nSPS) is 23.7. The van der Waals surface area contributed by atoms with Crippen LogP contribution in [0.4, 0.5) is 19.0 Å². The molecule has 1 saturated heterocycles. The Kier molecular flexibility index (Phi) is 8.69. The van der Waals surface area contributed by atoms with Gasteiger partial charge in [0, 0.05) is 0 Å². The van der Waals surface area contributed by atoms with Gasteiger partial charge in [-0.3, -0.25) is 8.75 Å². The van der Waals surface area contributed by atoms with Crippen LogP contribution in [0.5, 0.6) is 0 Å². The average Bonchev–Trinajstić information content (AvgIpc) is 3.32. The Hall–Kier alpha value is -1.64. The number of ether oxygens (including phenoxy) is 1. The van der Waals surface area contributed by atoms with Gasteiger partial charge in [0.2, 0.25) is 0 Å². The highest BCUT2D eigenvalue weighted by Gasteiger charge is 2.57. The van der Waals surface area contributed by atoms with Crippen molar-refractivity contribution in [3.63, 3.8) is 0 Å². The molecule has 40 heavy (non-hydrogen) atoms. The van der Waals surface area contributed by atoms with E-state index in [4.69, 9.17) is 23.5 Å². The Balaban J connectivity index is 2.16. The number of imidazole rings is 1. The third-order valence-electron chi connectivity index (χ3n) is 8.12. The molecule has 2 aromatic heterocycles. The van der Waals surface area contributed by atoms with Crippen molar-refractivity contribution in [2.75, 3.05) is 12.3 Å². The van der Waals surface area contributed by atoms with Gasteiger partial charge in [-0.15, -0.1) is 0 Å². The second-order valence-electron chi connectivity index (χ2n) is 13.0. The van der Waals surface area contributed by atoms with E-state index in [9.17, 15) is 21.6 Å². The first-order chi connectivity index (χ1) is 17.9. The molecule has 0 aliphatic carbocycles. The fourth-order valence-electron chi connectivity index (χ4n) is 3.59. The van der Waals surface area contributed by atoms with Gasteiger partial charge in [0.25, 0.3) is 0 Å². The molecule has 0 amide bonds. The Labute approximate surface area is 235 Å². The lowest BCUT2D eigenvalue weighted by Crippen LogP contribution is -2.51. The minimum Gasteiger partial charge on any atom is -0.414 e. The first kappa shape index (κ1) is 32.9. The van der Waals surface area contributed by atoms with E-state index in [0.29, 0.717) is 0 Å². The number of hydrogen-bond acceptors (Lipinski definition) is 10. The molecule has 1 aliphatic rings. The number of nitrogens with zero attached hydrogens (tertiary/aromatic N) is 4. The summed E-state index contributed by atoms with van der Waals surface area (Å²) in [6.07, 6.45) is -2.80.